The highest BCUT2D eigenvalue weighted by Gasteiger charge is 2.30. The molecule has 0 fully saturated rings. The lowest BCUT2D eigenvalue weighted by atomic mass is 9.80. The topological polar surface area (TPSA) is 34.1 Å². The van der Waals surface area contributed by atoms with Crippen LogP contribution >= 0.6 is 0 Å². The number of hydrogen-bond donors (Lipinski definition) is 0. The maximum atomic E-state index is 12.2. The van der Waals surface area contributed by atoms with Crippen molar-refractivity contribution in [3.63, 3.8) is 0 Å². The Morgan fingerprint density at radius 3 is 2.12 bits per heavy atom. The minimum Gasteiger partial charge on any atom is -0.445 e. The summed E-state index contributed by atoms with van der Waals surface area (Å²) in [5, 5.41) is 0. The van der Waals surface area contributed by atoms with E-state index in [4.69, 9.17) is 0 Å². The summed E-state index contributed by atoms with van der Waals surface area (Å²) in [5.41, 5.74) is -1.22. The van der Waals surface area contributed by atoms with Crippen LogP contribution in [0.1, 0.15) is 0 Å². The van der Waals surface area contributed by atoms with Crippen molar-refractivity contribution in [3.8, 4) is 0 Å². The molecule has 1 aromatic carbocycles. The van der Waals surface area contributed by atoms with Gasteiger partial charge in [-0.1, -0.05) is 18.2 Å². The smallest absolute Gasteiger partial charge is 0.445 e. The highest BCUT2D eigenvalue weighted by molar-refractivity contribution is 7.91. The largest absolute Gasteiger partial charge is 0.509 e. The molecule has 90 valence electrons. The lowest BCUT2D eigenvalue weighted by Crippen LogP contribution is -2.34. The van der Waals surface area contributed by atoms with E-state index in [1.165, 1.54) is 0 Å². The molecule has 0 spiro atoms. The van der Waals surface area contributed by atoms with E-state index in [2.05, 4.69) is 0 Å². The summed E-state index contributed by atoms with van der Waals surface area (Å²) in [6.45, 7) is -5.41. The average Bonchev–Trinajstić information content (AvgIpc) is 2.16. The molecular weight excluding hydrogens is 254 g/mol. The van der Waals surface area contributed by atoms with E-state index >= 15 is 0 Å². The quantitative estimate of drug-likeness (QED) is 0.612. The molecule has 0 aliphatic carbocycles. The minimum atomic E-state index is -5.41. The van der Waals surface area contributed by atoms with Gasteiger partial charge in [0.15, 0.2) is 0 Å². The van der Waals surface area contributed by atoms with Gasteiger partial charge in [0.05, 0.1) is 4.90 Å². The monoisotopic (exact) mass is 259 g/mol. The molecule has 0 amide bonds. The number of benzene rings is 1. The molecule has 0 aromatic heterocycles. The van der Waals surface area contributed by atoms with E-state index in [1.807, 2.05) is 0 Å². The van der Waals surface area contributed by atoms with Gasteiger partial charge in [0.2, 0.25) is 9.84 Å². The molecule has 0 radical (unpaired) electrons. The fraction of sp³-hybridized carbons (Fsp3) is 0.143. The van der Waals surface area contributed by atoms with Gasteiger partial charge in [0.1, 0.15) is 0 Å². The molecule has 0 bridgehead atoms. The zero-order valence-corrected chi connectivity index (χ0v) is 8.40. The predicted octanol–water partition coefficient (Wildman–Crippen LogP) is 1.74. The maximum absolute atomic E-state index is 12.2. The van der Waals surface area contributed by atoms with Crippen LogP contribution in [0.15, 0.2) is 29.2 Å². The Morgan fingerprint density at radius 1 is 1.12 bits per heavy atom. The van der Waals surface area contributed by atoms with Gasteiger partial charge in [-0.05, 0) is 6.07 Å². The van der Waals surface area contributed by atoms with Gasteiger partial charge >= 0.3 is 12.7 Å². The van der Waals surface area contributed by atoms with Crippen molar-refractivity contribution < 1.29 is 30.1 Å². The Bertz CT molecular complexity index is 482. The Hall–Kier alpha value is -1.12. The van der Waals surface area contributed by atoms with Crippen molar-refractivity contribution in [2.24, 2.45) is 0 Å². The molecule has 0 saturated heterocycles. The van der Waals surface area contributed by atoms with E-state index in [9.17, 15) is 30.1 Å². The molecule has 0 N–H and O–H groups in total. The molecule has 0 unspecified atom stereocenters. The van der Waals surface area contributed by atoms with Crippen LogP contribution in [0.2, 0.25) is 0 Å². The zero-order valence-electron chi connectivity index (χ0n) is 7.58. The molecule has 9 heteroatoms. The first-order chi connectivity index (χ1) is 7.15. The van der Waals surface area contributed by atoms with Crippen LogP contribution in [0.25, 0.3) is 0 Å². The number of rotatable bonds is 3. The molecule has 0 aliphatic rings. The normalized spacial score (nSPS) is 13.1. The SMILES string of the molecule is O=S(=O)(c1cccc([B-](F)(F)F)c1)C(F)F. The van der Waals surface area contributed by atoms with Gasteiger partial charge in [-0.15, -0.1) is 5.46 Å². The van der Waals surface area contributed by atoms with Gasteiger partial charge in [-0.25, -0.2) is 8.42 Å². The highest BCUT2D eigenvalue weighted by atomic mass is 32.2. The zero-order chi connectivity index (χ0) is 12.6. The molecule has 0 heterocycles. The first kappa shape index (κ1) is 13.0. The molecule has 16 heavy (non-hydrogen) atoms. The van der Waals surface area contributed by atoms with Gasteiger partial charge in [-0.3, -0.25) is 0 Å². The van der Waals surface area contributed by atoms with Crippen molar-refractivity contribution in [2.45, 2.75) is 10.7 Å². The maximum Gasteiger partial charge on any atom is 0.509 e. The predicted molar refractivity (Wildman–Crippen MR) is 48.3 cm³/mol. The van der Waals surface area contributed by atoms with Crippen LogP contribution in [0.5, 0.6) is 0 Å². The summed E-state index contributed by atoms with van der Waals surface area (Å²) in [6, 6.07) is 2.32. The van der Waals surface area contributed by atoms with Gasteiger partial charge in [0, 0.05) is 0 Å². The van der Waals surface area contributed by atoms with E-state index in [1.54, 1.807) is 0 Å². The van der Waals surface area contributed by atoms with E-state index in [-0.39, 0.29) is 6.07 Å². The summed E-state index contributed by atoms with van der Waals surface area (Å²) >= 11 is 0. The highest BCUT2D eigenvalue weighted by Crippen LogP contribution is 2.18. The van der Waals surface area contributed by atoms with Gasteiger partial charge < -0.3 is 12.9 Å². The molecular formula is C7H5BF5O2S-. The van der Waals surface area contributed by atoms with E-state index in [0.29, 0.717) is 12.1 Å². The first-order valence-electron chi connectivity index (χ1n) is 3.97. The Morgan fingerprint density at radius 2 is 1.69 bits per heavy atom. The van der Waals surface area contributed by atoms with Crippen LogP contribution in [-0.4, -0.2) is 21.2 Å². The van der Waals surface area contributed by atoms with Crippen LogP contribution in [-0.2, 0) is 9.84 Å². The number of alkyl halides is 2. The fourth-order valence-electron chi connectivity index (χ4n) is 0.998. The van der Waals surface area contributed by atoms with Crippen LogP contribution in [0.4, 0.5) is 21.7 Å². The summed E-state index contributed by atoms with van der Waals surface area (Å²) in [5.74, 6) is -3.73. The number of hydrogen-bond acceptors (Lipinski definition) is 2. The lowest BCUT2D eigenvalue weighted by molar-refractivity contribution is 0.234. The Balaban J connectivity index is 3.30. The molecule has 0 aliphatic heterocycles. The lowest BCUT2D eigenvalue weighted by Gasteiger charge is -2.15. The summed E-state index contributed by atoms with van der Waals surface area (Å²) < 4.78 is 82.6. The number of halogens is 5. The van der Waals surface area contributed by atoms with Gasteiger partial charge in [-0.2, -0.15) is 8.78 Å². The molecule has 0 atom stereocenters. The van der Waals surface area contributed by atoms with Crippen LogP contribution in [0.3, 0.4) is 0 Å². The third-order valence-corrected chi connectivity index (χ3v) is 3.18. The molecule has 1 rings (SSSR count). The van der Waals surface area contributed by atoms with Crippen LogP contribution in [0, 0.1) is 0 Å². The summed E-state index contributed by atoms with van der Waals surface area (Å²) in [4.78, 5) is -1.03. The third-order valence-electron chi connectivity index (χ3n) is 1.80. The first-order valence-corrected chi connectivity index (χ1v) is 5.52. The van der Waals surface area contributed by atoms with Gasteiger partial charge in [0.25, 0.3) is 0 Å². The number of sulfone groups is 1. The second kappa shape index (κ2) is 4.04. The molecule has 1 aromatic rings. The Kier molecular flexibility index (Phi) is 3.27. The van der Waals surface area contributed by atoms with E-state index < -0.39 is 32.9 Å². The summed E-state index contributed by atoms with van der Waals surface area (Å²) in [6.07, 6.45) is 0. The fourth-order valence-corrected chi connectivity index (χ4v) is 1.77. The van der Waals surface area contributed by atoms with Crippen molar-refractivity contribution in [3.05, 3.63) is 24.3 Å². The van der Waals surface area contributed by atoms with Crippen LogP contribution < -0.4 is 5.46 Å². The molecule has 0 saturated carbocycles. The van der Waals surface area contributed by atoms with Crippen molar-refractivity contribution in [2.75, 3.05) is 0 Å². The molecule has 2 nitrogen and oxygen atoms in total. The minimum absolute atomic E-state index is 0.210. The summed E-state index contributed by atoms with van der Waals surface area (Å²) in [7, 11) is -4.98. The van der Waals surface area contributed by atoms with Crippen molar-refractivity contribution in [1.29, 1.82) is 0 Å². The second-order valence-corrected chi connectivity index (χ2v) is 4.87. The standard InChI is InChI=1S/C7H5BF5O2S/c9-7(10)16(14,15)6-3-1-2-5(4-6)8(11,12)13/h1-4,7H/q-1. The third kappa shape index (κ3) is 2.52. The van der Waals surface area contributed by atoms with Crippen molar-refractivity contribution in [1.82, 2.24) is 0 Å². The van der Waals surface area contributed by atoms with Crippen molar-refractivity contribution >= 4 is 22.3 Å². The average molecular weight is 259 g/mol. The second-order valence-electron chi connectivity index (χ2n) is 2.95. The van der Waals surface area contributed by atoms with E-state index in [0.717, 1.165) is 6.07 Å². The Labute approximate surface area is 88.1 Å².